The third kappa shape index (κ3) is 2.74. The van der Waals surface area contributed by atoms with Crippen LogP contribution in [-0.4, -0.2) is 38.1 Å². The Morgan fingerprint density at radius 1 is 1.50 bits per heavy atom. The monoisotopic (exact) mass is 303 g/mol. The molecule has 7 nitrogen and oxygen atoms in total. The molecule has 1 aliphatic rings. The molecule has 1 N–H and O–H groups in total. The van der Waals surface area contributed by atoms with Crippen molar-refractivity contribution in [2.75, 3.05) is 6.54 Å². The second kappa shape index (κ2) is 5.67. The molecule has 0 saturated carbocycles. The number of aromatic nitrogens is 2. The second-order valence-corrected chi connectivity index (χ2v) is 5.45. The molecule has 2 aromatic rings. The van der Waals surface area contributed by atoms with Crippen molar-refractivity contribution >= 4 is 5.91 Å². The SMILES string of the molecule is Cn1ccnc1C[C@H]1CCCN1C(=O)c1cc(O)cc(=O)o1. The predicted octanol–water partition coefficient (Wildman–Crippen LogP) is 0.926. The van der Waals surface area contributed by atoms with Gasteiger partial charge in [-0.15, -0.1) is 0 Å². The number of likely N-dealkylation sites (tertiary alicyclic amines) is 1. The number of hydrogen-bond acceptors (Lipinski definition) is 5. The number of aromatic hydroxyl groups is 1. The Morgan fingerprint density at radius 2 is 2.32 bits per heavy atom. The van der Waals surface area contributed by atoms with E-state index in [2.05, 4.69) is 4.98 Å². The molecule has 116 valence electrons. The highest BCUT2D eigenvalue weighted by molar-refractivity contribution is 5.92. The van der Waals surface area contributed by atoms with Crippen LogP contribution in [0.2, 0.25) is 0 Å². The van der Waals surface area contributed by atoms with E-state index in [1.54, 1.807) is 11.1 Å². The zero-order valence-corrected chi connectivity index (χ0v) is 12.2. The summed E-state index contributed by atoms with van der Waals surface area (Å²) in [7, 11) is 1.91. The summed E-state index contributed by atoms with van der Waals surface area (Å²) < 4.78 is 6.84. The first kappa shape index (κ1) is 14.4. The number of imidazole rings is 1. The van der Waals surface area contributed by atoms with Crippen LogP contribution in [-0.2, 0) is 13.5 Å². The standard InChI is InChI=1S/C15H17N3O4/c1-17-6-4-16-13(17)7-10-3-2-5-18(10)15(21)12-8-11(19)9-14(20)22-12/h4,6,8-10,19H,2-3,5,7H2,1H3/t10-/m1/s1. The number of aryl methyl sites for hydroxylation is 1. The normalized spacial score (nSPS) is 17.9. The highest BCUT2D eigenvalue weighted by atomic mass is 16.4. The van der Waals surface area contributed by atoms with Gasteiger partial charge in [-0.3, -0.25) is 4.79 Å². The van der Waals surface area contributed by atoms with Crippen molar-refractivity contribution in [3.63, 3.8) is 0 Å². The van der Waals surface area contributed by atoms with E-state index in [0.717, 1.165) is 24.7 Å². The van der Waals surface area contributed by atoms with Crippen LogP contribution in [0.25, 0.3) is 0 Å². The lowest BCUT2D eigenvalue weighted by Crippen LogP contribution is -2.37. The topological polar surface area (TPSA) is 88.6 Å². The molecule has 1 saturated heterocycles. The lowest BCUT2D eigenvalue weighted by Gasteiger charge is -2.23. The van der Waals surface area contributed by atoms with Crippen molar-refractivity contribution < 1.29 is 14.3 Å². The zero-order valence-electron chi connectivity index (χ0n) is 12.2. The van der Waals surface area contributed by atoms with Gasteiger partial charge in [0.1, 0.15) is 11.6 Å². The summed E-state index contributed by atoms with van der Waals surface area (Å²) in [4.78, 5) is 29.8. The summed E-state index contributed by atoms with van der Waals surface area (Å²) >= 11 is 0. The Balaban J connectivity index is 1.81. The van der Waals surface area contributed by atoms with Crippen LogP contribution in [0, 0.1) is 0 Å². The first-order valence-electron chi connectivity index (χ1n) is 7.16. The van der Waals surface area contributed by atoms with Gasteiger partial charge in [0.05, 0.1) is 6.07 Å². The molecular formula is C15H17N3O4. The minimum atomic E-state index is -0.733. The lowest BCUT2D eigenvalue weighted by atomic mass is 10.1. The number of carbonyl (C=O) groups is 1. The molecule has 1 fully saturated rings. The molecule has 3 rings (SSSR count). The molecule has 7 heteroatoms. The van der Waals surface area contributed by atoms with Gasteiger partial charge in [0.25, 0.3) is 5.91 Å². The van der Waals surface area contributed by atoms with Gasteiger partial charge in [0, 0.05) is 44.5 Å². The summed E-state index contributed by atoms with van der Waals surface area (Å²) in [5.74, 6) is 0.142. The van der Waals surface area contributed by atoms with E-state index >= 15 is 0 Å². The van der Waals surface area contributed by atoms with Gasteiger partial charge in [-0.1, -0.05) is 0 Å². The first-order valence-corrected chi connectivity index (χ1v) is 7.16. The highest BCUT2D eigenvalue weighted by Crippen LogP contribution is 2.23. The number of rotatable bonds is 3. The van der Waals surface area contributed by atoms with Crippen LogP contribution in [0.1, 0.15) is 29.2 Å². The number of amides is 1. The van der Waals surface area contributed by atoms with Crippen LogP contribution >= 0.6 is 0 Å². The molecule has 0 aromatic carbocycles. The van der Waals surface area contributed by atoms with Crippen molar-refractivity contribution in [1.82, 2.24) is 14.5 Å². The molecule has 1 atom stereocenters. The zero-order chi connectivity index (χ0) is 15.7. The Labute approximate surface area is 126 Å². The Morgan fingerprint density at radius 3 is 3.00 bits per heavy atom. The third-order valence-corrected chi connectivity index (χ3v) is 3.94. The lowest BCUT2D eigenvalue weighted by molar-refractivity contribution is 0.0696. The summed E-state index contributed by atoms with van der Waals surface area (Å²) in [5.41, 5.74) is -0.733. The average Bonchev–Trinajstić information content (AvgIpc) is 3.07. The fourth-order valence-corrected chi connectivity index (χ4v) is 2.83. The smallest absolute Gasteiger partial charge is 0.340 e. The van der Waals surface area contributed by atoms with Gasteiger partial charge in [0.2, 0.25) is 0 Å². The molecule has 0 aliphatic carbocycles. The van der Waals surface area contributed by atoms with Crippen molar-refractivity contribution in [2.45, 2.75) is 25.3 Å². The second-order valence-electron chi connectivity index (χ2n) is 5.45. The number of hydrogen-bond donors (Lipinski definition) is 1. The minimum absolute atomic E-state index is 0.0150. The van der Waals surface area contributed by atoms with Gasteiger partial charge in [-0.2, -0.15) is 0 Å². The molecule has 0 spiro atoms. The van der Waals surface area contributed by atoms with Gasteiger partial charge >= 0.3 is 5.63 Å². The van der Waals surface area contributed by atoms with E-state index < -0.39 is 5.63 Å². The molecule has 1 amide bonds. The maximum atomic E-state index is 12.5. The van der Waals surface area contributed by atoms with E-state index in [4.69, 9.17) is 4.42 Å². The fraction of sp³-hybridized carbons (Fsp3) is 0.400. The van der Waals surface area contributed by atoms with E-state index in [0.29, 0.717) is 13.0 Å². The van der Waals surface area contributed by atoms with Crippen molar-refractivity contribution in [3.8, 4) is 5.75 Å². The average molecular weight is 303 g/mol. The summed E-state index contributed by atoms with van der Waals surface area (Å²) in [6, 6.07) is 2.13. The molecule has 3 heterocycles. The van der Waals surface area contributed by atoms with Crippen molar-refractivity contribution in [2.24, 2.45) is 7.05 Å². The van der Waals surface area contributed by atoms with Gasteiger partial charge in [-0.05, 0) is 12.8 Å². The Bertz CT molecular complexity index is 749. The van der Waals surface area contributed by atoms with E-state index in [1.165, 1.54) is 6.07 Å². The minimum Gasteiger partial charge on any atom is -0.508 e. The largest absolute Gasteiger partial charge is 0.508 e. The quantitative estimate of drug-likeness (QED) is 0.911. The van der Waals surface area contributed by atoms with E-state index in [9.17, 15) is 14.7 Å². The molecule has 1 aliphatic heterocycles. The van der Waals surface area contributed by atoms with Gasteiger partial charge in [0.15, 0.2) is 5.76 Å². The predicted molar refractivity (Wildman–Crippen MR) is 77.6 cm³/mol. The first-order chi connectivity index (χ1) is 10.5. The van der Waals surface area contributed by atoms with Crippen LogP contribution in [0.15, 0.2) is 33.7 Å². The number of carbonyl (C=O) groups excluding carboxylic acids is 1. The molecule has 0 radical (unpaired) electrons. The maximum Gasteiger partial charge on any atom is 0.340 e. The molecule has 2 aromatic heterocycles. The molecular weight excluding hydrogens is 286 g/mol. The summed E-state index contributed by atoms with van der Waals surface area (Å²) in [5, 5.41) is 9.45. The highest BCUT2D eigenvalue weighted by Gasteiger charge is 2.31. The van der Waals surface area contributed by atoms with E-state index in [-0.39, 0.29) is 23.5 Å². The number of nitrogens with zero attached hydrogens (tertiary/aromatic N) is 3. The van der Waals surface area contributed by atoms with Crippen LogP contribution in [0.5, 0.6) is 5.75 Å². The Kier molecular flexibility index (Phi) is 3.70. The van der Waals surface area contributed by atoms with E-state index in [1.807, 2.05) is 17.8 Å². The van der Waals surface area contributed by atoms with Gasteiger partial charge in [-0.25, -0.2) is 9.78 Å². The van der Waals surface area contributed by atoms with Crippen molar-refractivity contribution in [1.29, 1.82) is 0 Å². The van der Waals surface area contributed by atoms with Crippen LogP contribution < -0.4 is 5.63 Å². The van der Waals surface area contributed by atoms with Crippen molar-refractivity contribution in [3.05, 3.63) is 46.5 Å². The summed E-state index contributed by atoms with van der Waals surface area (Å²) in [6.07, 6.45) is 6.01. The summed E-state index contributed by atoms with van der Waals surface area (Å²) in [6.45, 7) is 0.604. The molecule has 0 unspecified atom stereocenters. The fourth-order valence-electron chi connectivity index (χ4n) is 2.83. The maximum absolute atomic E-state index is 12.5. The molecule has 0 bridgehead atoms. The van der Waals surface area contributed by atoms with Gasteiger partial charge < -0.3 is 19.0 Å². The third-order valence-electron chi connectivity index (χ3n) is 3.94. The van der Waals surface area contributed by atoms with Crippen LogP contribution in [0.3, 0.4) is 0 Å². The Hall–Kier alpha value is -2.57. The molecule has 22 heavy (non-hydrogen) atoms. The van der Waals surface area contributed by atoms with Crippen LogP contribution in [0.4, 0.5) is 0 Å².